The van der Waals surface area contributed by atoms with E-state index in [9.17, 15) is 18.0 Å². The topological polar surface area (TPSA) is 105 Å². The zero-order chi connectivity index (χ0) is 20.2. The van der Waals surface area contributed by atoms with Crippen LogP contribution in [0.2, 0.25) is 5.02 Å². The fourth-order valence-electron chi connectivity index (χ4n) is 3.00. The number of methoxy groups -OCH3 is 1. The number of hydrogen-bond acceptors (Lipinski definition) is 6. The molecule has 2 amide bonds. The molecule has 0 radical (unpaired) electrons. The Labute approximate surface area is 164 Å². The summed E-state index contributed by atoms with van der Waals surface area (Å²) in [5.41, 5.74) is -0.316. The number of carbonyl (C=O) groups excluding carboxylic acids is 2. The van der Waals surface area contributed by atoms with Gasteiger partial charge in [0, 0.05) is 5.02 Å². The van der Waals surface area contributed by atoms with Crippen LogP contribution in [0.25, 0.3) is 0 Å². The second-order valence-electron chi connectivity index (χ2n) is 7.02. The molecule has 0 spiro atoms. The molecule has 10 heteroatoms. The third-order valence-corrected chi connectivity index (χ3v) is 6.35. The molecule has 0 saturated carbocycles. The van der Waals surface area contributed by atoms with Gasteiger partial charge in [-0.15, -0.1) is 0 Å². The number of carbonyl (C=O) groups is 2. The van der Waals surface area contributed by atoms with Crippen molar-refractivity contribution < 1.29 is 22.7 Å². The molecule has 1 saturated heterocycles. The predicted molar refractivity (Wildman–Crippen MR) is 104 cm³/mol. The van der Waals surface area contributed by atoms with Crippen LogP contribution in [-0.2, 0) is 19.4 Å². The highest BCUT2D eigenvalue weighted by Gasteiger charge is 2.39. The Kier molecular flexibility index (Phi) is 6.72. The van der Waals surface area contributed by atoms with Crippen molar-refractivity contribution in [2.45, 2.75) is 18.9 Å². The Bertz CT molecular complexity index is 830. The highest BCUT2D eigenvalue weighted by Crippen LogP contribution is 2.27. The van der Waals surface area contributed by atoms with E-state index in [-0.39, 0.29) is 36.4 Å². The van der Waals surface area contributed by atoms with Crippen molar-refractivity contribution in [1.29, 1.82) is 0 Å². The standard InChI is InChI=1S/C17H24ClN3O5S/c1-17(6-7-27(24,25)11-17)20-16(23)10-21(2)9-15(22)19-13-8-12(18)4-5-14(13)26-3/h4-5,8H,6-7,9-11H2,1-3H3,(H,19,22)(H,20,23)/t17-/m0/s1. The number of nitrogens with one attached hydrogen (secondary N) is 2. The lowest BCUT2D eigenvalue weighted by Gasteiger charge is -2.25. The van der Waals surface area contributed by atoms with Gasteiger partial charge in [0.2, 0.25) is 11.8 Å². The Morgan fingerprint density at radius 2 is 1.96 bits per heavy atom. The van der Waals surface area contributed by atoms with Crippen molar-refractivity contribution >= 4 is 38.9 Å². The van der Waals surface area contributed by atoms with Gasteiger partial charge in [0.25, 0.3) is 0 Å². The van der Waals surface area contributed by atoms with Gasteiger partial charge in [0.15, 0.2) is 9.84 Å². The molecule has 1 fully saturated rings. The van der Waals surface area contributed by atoms with Crippen LogP contribution >= 0.6 is 11.6 Å². The number of halogens is 1. The van der Waals surface area contributed by atoms with Gasteiger partial charge in [-0.1, -0.05) is 11.6 Å². The predicted octanol–water partition coefficient (Wildman–Crippen LogP) is 0.912. The molecule has 27 heavy (non-hydrogen) atoms. The van der Waals surface area contributed by atoms with E-state index in [4.69, 9.17) is 16.3 Å². The van der Waals surface area contributed by atoms with Crippen molar-refractivity contribution in [3.8, 4) is 5.75 Å². The SMILES string of the molecule is COc1ccc(Cl)cc1NC(=O)CN(C)CC(=O)N[C@@]1(C)CCS(=O)(=O)C1. The molecule has 1 aliphatic rings. The van der Waals surface area contributed by atoms with E-state index in [1.54, 1.807) is 32.2 Å². The molecule has 1 aliphatic heterocycles. The molecular weight excluding hydrogens is 394 g/mol. The number of likely N-dealkylation sites (N-methyl/N-ethyl adjacent to an activating group) is 1. The number of benzene rings is 1. The maximum Gasteiger partial charge on any atom is 0.238 e. The Balaban J connectivity index is 1.86. The van der Waals surface area contributed by atoms with Crippen molar-refractivity contribution in [3.63, 3.8) is 0 Å². The summed E-state index contributed by atoms with van der Waals surface area (Å²) < 4.78 is 28.4. The number of hydrogen-bond donors (Lipinski definition) is 2. The van der Waals surface area contributed by atoms with Crippen molar-refractivity contribution in [2.75, 3.05) is 44.1 Å². The molecule has 0 bridgehead atoms. The maximum atomic E-state index is 12.2. The lowest BCUT2D eigenvalue weighted by molar-refractivity contribution is -0.124. The van der Waals surface area contributed by atoms with Gasteiger partial charge in [-0.2, -0.15) is 0 Å². The van der Waals surface area contributed by atoms with Gasteiger partial charge in [-0.05, 0) is 38.6 Å². The molecule has 2 N–H and O–H groups in total. The summed E-state index contributed by atoms with van der Waals surface area (Å²) >= 11 is 5.93. The first-order valence-electron chi connectivity index (χ1n) is 8.35. The molecule has 0 aromatic heterocycles. The molecule has 150 valence electrons. The van der Waals surface area contributed by atoms with Gasteiger partial charge >= 0.3 is 0 Å². The number of anilines is 1. The highest BCUT2D eigenvalue weighted by molar-refractivity contribution is 7.91. The summed E-state index contributed by atoms with van der Waals surface area (Å²) in [6.07, 6.45) is 0.389. The molecule has 2 rings (SSSR count). The van der Waals surface area contributed by atoms with Crippen LogP contribution in [0.4, 0.5) is 5.69 Å². The second-order valence-corrected chi connectivity index (χ2v) is 9.64. The second kappa shape index (κ2) is 8.45. The lowest BCUT2D eigenvalue weighted by atomic mass is 10.0. The Morgan fingerprint density at radius 3 is 2.56 bits per heavy atom. The molecule has 1 atom stereocenters. The summed E-state index contributed by atoms with van der Waals surface area (Å²) in [6.45, 7) is 1.65. The third-order valence-electron chi connectivity index (χ3n) is 4.21. The van der Waals surface area contributed by atoms with Crippen molar-refractivity contribution in [2.24, 2.45) is 0 Å². The van der Waals surface area contributed by atoms with E-state index in [1.165, 1.54) is 12.0 Å². The minimum atomic E-state index is -3.11. The zero-order valence-electron chi connectivity index (χ0n) is 15.5. The minimum absolute atomic E-state index is 0.0297. The fourth-order valence-corrected chi connectivity index (χ4v) is 5.26. The normalized spacial score (nSPS) is 21.1. The van der Waals surface area contributed by atoms with E-state index in [0.717, 1.165) is 0 Å². The van der Waals surface area contributed by atoms with Crippen LogP contribution < -0.4 is 15.4 Å². The Morgan fingerprint density at radius 1 is 1.30 bits per heavy atom. The monoisotopic (exact) mass is 417 g/mol. The molecule has 0 unspecified atom stereocenters. The van der Waals surface area contributed by atoms with Crippen molar-refractivity contribution in [3.05, 3.63) is 23.2 Å². The molecule has 1 heterocycles. The largest absolute Gasteiger partial charge is 0.495 e. The first kappa shape index (κ1) is 21.5. The number of amides is 2. The van der Waals surface area contributed by atoms with Gasteiger partial charge in [-0.25, -0.2) is 8.42 Å². The van der Waals surface area contributed by atoms with Crippen LogP contribution in [0, 0.1) is 0 Å². The van der Waals surface area contributed by atoms with E-state index in [1.807, 2.05) is 0 Å². The minimum Gasteiger partial charge on any atom is -0.495 e. The van der Waals surface area contributed by atoms with E-state index < -0.39 is 15.4 Å². The lowest BCUT2D eigenvalue weighted by Crippen LogP contribution is -2.50. The fraction of sp³-hybridized carbons (Fsp3) is 0.529. The van der Waals surface area contributed by atoms with Crippen molar-refractivity contribution in [1.82, 2.24) is 10.2 Å². The first-order chi connectivity index (χ1) is 12.5. The number of rotatable bonds is 7. The van der Waals surface area contributed by atoms with Crippen LogP contribution in [0.15, 0.2) is 18.2 Å². The molecule has 0 aliphatic carbocycles. The third kappa shape index (κ3) is 6.37. The van der Waals surface area contributed by atoms with E-state index in [2.05, 4.69) is 10.6 Å². The van der Waals surface area contributed by atoms with Gasteiger partial charge in [-0.3, -0.25) is 14.5 Å². The van der Waals surface area contributed by atoms with Crippen LogP contribution in [0.3, 0.4) is 0 Å². The average molecular weight is 418 g/mol. The quantitative estimate of drug-likeness (QED) is 0.683. The summed E-state index contributed by atoms with van der Waals surface area (Å²) in [6, 6.07) is 4.87. The molecule has 1 aromatic rings. The summed E-state index contributed by atoms with van der Waals surface area (Å²) in [4.78, 5) is 25.9. The molecule has 1 aromatic carbocycles. The highest BCUT2D eigenvalue weighted by atomic mass is 35.5. The smallest absolute Gasteiger partial charge is 0.238 e. The summed E-state index contributed by atoms with van der Waals surface area (Å²) in [5.74, 6) is -0.178. The van der Waals surface area contributed by atoms with Crippen LogP contribution in [-0.4, -0.2) is 69.4 Å². The Hall–Kier alpha value is -1.84. The summed E-state index contributed by atoms with van der Waals surface area (Å²) in [7, 11) is 0.00549. The first-order valence-corrected chi connectivity index (χ1v) is 10.6. The number of ether oxygens (including phenoxy) is 1. The maximum absolute atomic E-state index is 12.2. The van der Waals surface area contributed by atoms with E-state index in [0.29, 0.717) is 22.9 Å². The number of nitrogens with zero attached hydrogens (tertiary/aromatic N) is 1. The van der Waals surface area contributed by atoms with E-state index >= 15 is 0 Å². The van der Waals surface area contributed by atoms with Gasteiger partial charge in [0.05, 0.1) is 42.9 Å². The number of sulfone groups is 1. The van der Waals surface area contributed by atoms with Gasteiger partial charge in [0.1, 0.15) is 5.75 Å². The van der Waals surface area contributed by atoms with Gasteiger partial charge < -0.3 is 15.4 Å². The molecular formula is C17H24ClN3O5S. The van der Waals surface area contributed by atoms with Crippen LogP contribution in [0.5, 0.6) is 5.75 Å². The average Bonchev–Trinajstić information content (AvgIpc) is 2.79. The molecule has 8 nitrogen and oxygen atoms in total. The van der Waals surface area contributed by atoms with Crippen LogP contribution in [0.1, 0.15) is 13.3 Å². The summed E-state index contributed by atoms with van der Waals surface area (Å²) in [5, 5.41) is 5.92. The zero-order valence-corrected chi connectivity index (χ0v) is 17.1.